The summed E-state index contributed by atoms with van der Waals surface area (Å²) in [4.78, 5) is 51.0. The van der Waals surface area contributed by atoms with E-state index in [4.69, 9.17) is 15.3 Å². The molecule has 0 aliphatic rings. The summed E-state index contributed by atoms with van der Waals surface area (Å²) in [7, 11) is 0. The standard InChI is InChI=1S/C24H32N4O6/c1-4-15(2)21(23(32)26-14-20(29)30)27-22(31)16(3)28(19-11-8-12-34-19)24(33)18(25)13-17-9-6-5-7-10-17/h5-12,15-16,18,21H,4,13-14,25H2,1-3H3,(H,26,32)(H,27,31)(H,29,30)/t15-,16-,18-,21-/m0/s1. The van der Waals surface area contributed by atoms with Crippen LogP contribution in [0.5, 0.6) is 0 Å². The van der Waals surface area contributed by atoms with Crippen LogP contribution in [0.3, 0.4) is 0 Å². The second-order valence-electron chi connectivity index (χ2n) is 8.12. The van der Waals surface area contributed by atoms with Crippen LogP contribution in [0.25, 0.3) is 0 Å². The van der Waals surface area contributed by atoms with Gasteiger partial charge in [0.25, 0.3) is 0 Å². The van der Waals surface area contributed by atoms with Crippen LogP contribution in [0.1, 0.15) is 32.8 Å². The van der Waals surface area contributed by atoms with E-state index in [1.165, 1.54) is 18.1 Å². The van der Waals surface area contributed by atoms with Crippen molar-refractivity contribution in [3.63, 3.8) is 0 Å². The molecular weight excluding hydrogens is 440 g/mol. The van der Waals surface area contributed by atoms with E-state index in [0.29, 0.717) is 6.42 Å². The topological polar surface area (TPSA) is 155 Å². The summed E-state index contributed by atoms with van der Waals surface area (Å²) < 4.78 is 5.40. The first-order valence-electron chi connectivity index (χ1n) is 11.1. The molecule has 184 valence electrons. The van der Waals surface area contributed by atoms with Crippen molar-refractivity contribution in [3.8, 4) is 0 Å². The number of hydrogen-bond donors (Lipinski definition) is 4. The molecule has 1 heterocycles. The fraction of sp³-hybridized carbons (Fsp3) is 0.417. The van der Waals surface area contributed by atoms with Crippen LogP contribution in [0.15, 0.2) is 53.1 Å². The summed E-state index contributed by atoms with van der Waals surface area (Å²) in [5.41, 5.74) is 7.06. The van der Waals surface area contributed by atoms with Crippen molar-refractivity contribution in [1.29, 1.82) is 0 Å². The molecule has 10 nitrogen and oxygen atoms in total. The highest BCUT2D eigenvalue weighted by Crippen LogP contribution is 2.20. The van der Waals surface area contributed by atoms with Crippen molar-refractivity contribution in [1.82, 2.24) is 10.6 Å². The third kappa shape index (κ3) is 7.17. The zero-order valence-corrected chi connectivity index (χ0v) is 19.6. The minimum atomic E-state index is -1.20. The van der Waals surface area contributed by atoms with Crippen molar-refractivity contribution in [3.05, 3.63) is 54.3 Å². The number of anilines is 1. The summed E-state index contributed by atoms with van der Waals surface area (Å²) in [6, 6.07) is 9.41. The molecule has 0 bridgehead atoms. The quantitative estimate of drug-likeness (QED) is 0.363. The van der Waals surface area contributed by atoms with Gasteiger partial charge in [-0.25, -0.2) is 0 Å². The van der Waals surface area contributed by atoms with Crippen molar-refractivity contribution in [2.24, 2.45) is 11.7 Å². The summed E-state index contributed by atoms with van der Waals surface area (Å²) in [6.07, 6.45) is 2.20. The van der Waals surface area contributed by atoms with Gasteiger partial charge in [-0.1, -0.05) is 50.6 Å². The molecule has 0 aliphatic heterocycles. The third-order valence-electron chi connectivity index (χ3n) is 5.57. The summed E-state index contributed by atoms with van der Waals surface area (Å²) in [5.74, 6) is -3.07. The fourth-order valence-electron chi connectivity index (χ4n) is 3.40. The highest BCUT2D eigenvalue weighted by molar-refractivity contribution is 6.03. The SMILES string of the molecule is CC[C@H](C)[C@H](NC(=O)[C@H](C)N(C(=O)[C@@H](N)Cc1ccccc1)c1ccco1)C(=O)NCC(=O)O. The largest absolute Gasteiger partial charge is 0.480 e. The van der Waals surface area contributed by atoms with Crippen LogP contribution in [-0.4, -0.2) is 53.5 Å². The van der Waals surface area contributed by atoms with Gasteiger partial charge in [-0.05, 0) is 30.9 Å². The van der Waals surface area contributed by atoms with Gasteiger partial charge in [0.2, 0.25) is 23.6 Å². The zero-order valence-electron chi connectivity index (χ0n) is 19.6. The van der Waals surface area contributed by atoms with Crippen LogP contribution in [0.2, 0.25) is 0 Å². The van der Waals surface area contributed by atoms with E-state index in [2.05, 4.69) is 10.6 Å². The predicted octanol–water partition coefficient (Wildman–Crippen LogP) is 1.30. The van der Waals surface area contributed by atoms with Gasteiger partial charge in [-0.3, -0.25) is 24.1 Å². The van der Waals surface area contributed by atoms with Crippen LogP contribution < -0.4 is 21.3 Å². The maximum atomic E-state index is 13.3. The van der Waals surface area contributed by atoms with Crippen molar-refractivity contribution in [2.75, 3.05) is 11.4 Å². The van der Waals surface area contributed by atoms with Crippen molar-refractivity contribution >= 4 is 29.6 Å². The summed E-state index contributed by atoms with van der Waals surface area (Å²) >= 11 is 0. The van der Waals surface area contributed by atoms with Crippen LogP contribution in [0.4, 0.5) is 5.88 Å². The molecule has 2 aromatic rings. The third-order valence-corrected chi connectivity index (χ3v) is 5.57. The van der Waals surface area contributed by atoms with E-state index in [0.717, 1.165) is 5.56 Å². The first-order valence-corrected chi connectivity index (χ1v) is 11.1. The van der Waals surface area contributed by atoms with Crippen molar-refractivity contribution < 1.29 is 28.7 Å². The average molecular weight is 473 g/mol. The van der Waals surface area contributed by atoms with E-state index < -0.39 is 48.4 Å². The van der Waals surface area contributed by atoms with E-state index in [1.807, 2.05) is 37.3 Å². The van der Waals surface area contributed by atoms with Gasteiger partial charge < -0.3 is 25.9 Å². The van der Waals surface area contributed by atoms with Gasteiger partial charge in [0.1, 0.15) is 18.6 Å². The molecule has 0 fully saturated rings. The molecule has 0 aliphatic carbocycles. The minimum Gasteiger partial charge on any atom is -0.480 e. The number of carboxylic acid groups (broad SMARTS) is 1. The normalized spacial score (nSPS) is 14.4. The number of rotatable bonds is 12. The Balaban J connectivity index is 2.22. The Morgan fingerprint density at radius 1 is 1.06 bits per heavy atom. The van der Waals surface area contributed by atoms with Crippen molar-refractivity contribution in [2.45, 2.75) is 51.7 Å². The van der Waals surface area contributed by atoms with Gasteiger partial charge in [-0.15, -0.1) is 0 Å². The van der Waals surface area contributed by atoms with Gasteiger partial charge in [-0.2, -0.15) is 0 Å². The summed E-state index contributed by atoms with van der Waals surface area (Å²) in [5, 5.41) is 13.8. The lowest BCUT2D eigenvalue weighted by Gasteiger charge is -2.31. The van der Waals surface area contributed by atoms with E-state index >= 15 is 0 Å². The Labute approximate surface area is 198 Å². The number of carboxylic acids is 1. The van der Waals surface area contributed by atoms with Gasteiger partial charge in [0, 0.05) is 6.07 Å². The zero-order chi connectivity index (χ0) is 25.3. The number of furan rings is 1. The number of nitrogens with one attached hydrogen (secondary N) is 2. The molecule has 5 N–H and O–H groups in total. The lowest BCUT2D eigenvalue weighted by Crippen LogP contribution is -2.58. The number of nitrogens with two attached hydrogens (primary N) is 1. The Morgan fingerprint density at radius 2 is 1.74 bits per heavy atom. The summed E-state index contributed by atoms with van der Waals surface area (Å²) in [6.45, 7) is 4.55. The molecule has 0 unspecified atom stereocenters. The highest BCUT2D eigenvalue weighted by Gasteiger charge is 2.35. The highest BCUT2D eigenvalue weighted by atomic mass is 16.4. The van der Waals surface area contributed by atoms with Gasteiger partial charge in [0.05, 0.1) is 12.3 Å². The van der Waals surface area contributed by atoms with Crippen LogP contribution >= 0.6 is 0 Å². The maximum absolute atomic E-state index is 13.3. The molecule has 0 saturated heterocycles. The second kappa shape index (κ2) is 12.5. The molecule has 1 aromatic heterocycles. The molecule has 1 aromatic carbocycles. The Bertz CT molecular complexity index is 963. The minimum absolute atomic E-state index is 0.145. The fourth-order valence-corrected chi connectivity index (χ4v) is 3.40. The first-order chi connectivity index (χ1) is 16.1. The lowest BCUT2D eigenvalue weighted by atomic mass is 9.97. The maximum Gasteiger partial charge on any atom is 0.322 e. The molecule has 2 rings (SSSR count). The monoisotopic (exact) mass is 472 g/mol. The Morgan fingerprint density at radius 3 is 2.29 bits per heavy atom. The number of amides is 3. The first kappa shape index (κ1) is 26.6. The van der Waals surface area contributed by atoms with E-state index in [1.54, 1.807) is 19.1 Å². The van der Waals surface area contributed by atoms with Gasteiger partial charge in [0.15, 0.2) is 0 Å². The molecule has 10 heteroatoms. The average Bonchev–Trinajstić information content (AvgIpc) is 3.35. The Hall–Kier alpha value is -3.66. The van der Waals surface area contributed by atoms with E-state index in [9.17, 15) is 19.2 Å². The number of carbonyl (C=O) groups excluding carboxylic acids is 3. The number of nitrogens with zero attached hydrogens (tertiary/aromatic N) is 1. The molecule has 0 saturated carbocycles. The molecule has 4 atom stereocenters. The molecule has 0 spiro atoms. The molecule has 34 heavy (non-hydrogen) atoms. The number of hydrogen-bond acceptors (Lipinski definition) is 6. The number of carbonyl (C=O) groups is 4. The molecular formula is C24H32N4O6. The predicted molar refractivity (Wildman–Crippen MR) is 126 cm³/mol. The second-order valence-corrected chi connectivity index (χ2v) is 8.12. The van der Waals surface area contributed by atoms with Crippen LogP contribution in [0, 0.1) is 5.92 Å². The molecule has 3 amide bonds. The smallest absolute Gasteiger partial charge is 0.322 e. The Kier molecular flexibility index (Phi) is 9.81. The lowest BCUT2D eigenvalue weighted by molar-refractivity contribution is -0.138. The molecule has 0 radical (unpaired) electrons. The van der Waals surface area contributed by atoms with E-state index in [-0.39, 0.29) is 18.2 Å². The number of aliphatic carboxylic acids is 1. The van der Waals surface area contributed by atoms with Crippen LogP contribution in [-0.2, 0) is 25.6 Å². The number of benzene rings is 1. The van der Waals surface area contributed by atoms with Gasteiger partial charge >= 0.3 is 5.97 Å².